The summed E-state index contributed by atoms with van der Waals surface area (Å²) in [5.74, 6) is 0. The van der Waals surface area contributed by atoms with Crippen molar-refractivity contribution >= 4 is 0 Å². The second kappa shape index (κ2) is 15.7. The normalized spacial score (nSPS) is 6.75. The van der Waals surface area contributed by atoms with Gasteiger partial charge in [-0.3, -0.25) is 0 Å². The van der Waals surface area contributed by atoms with Gasteiger partial charge in [0.2, 0.25) is 0 Å². The Hall–Kier alpha value is 1.10. The van der Waals surface area contributed by atoms with Gasteiger partial charge in [-0.05, 0) is 0 Å². The summed E-state index contributed by atoms with van der Waals surface area (Å²) in [5, 5.41) is 0. The quantitative estimate of drug-likeness (QED) is 0.449. The second-order valence-electron chi connectivity index (χ2n) is 1.56. The standard InChI is InChI=1S/C6H13.BrH.Zn/c1-3-5-6-4-2;;/h1,3-6H2,2H3;1H;/p-1. The molecule has 0 rings (SSSR count). The molecule has 0 N–H and O–H groups in total. The van der Waals surface area contributed by atoms with E-state index in [1.54, 1.807) is 0 Å². The molecular formula is C6H13BrZn-. The average Bonchev–Trinajstić information content (AvgIpc) is 1.61. The van der Waals surface area contributed by atoms with Crippen LogP contribution < -0.4 is 17.0 Å². The Kier molecular flexibility index (Phi) is 31.5. The molecule has 0 aliphatic rings. The predicted molar refractivity (Wildman–Crippen MR) is 29.5 cm³/mol. The smallest absolute Gasteiger partial charge is 0 e. The van der Waals surface area contributed by atoms with E-state index in [1.807, 2.05) is 0 Å². The third kappa shape index (κ3) is 15.7. The molecule has 0 fully saturated rings. The molecule has 0 bridgehead atoms. The SMILES string of the molecule is [Br-].[CH2]CCCCC.[Zn]. The molecule has 0 aliphatic heterocycles. The molecule has 0 nitrogen and oxygen atoms in total. The van der Waals surface area contributed by atoms with Crippen molar-refractivity contribution in [2.24, 2.45) is 0 Å². The molecular weight excluding hydrogens is 217 g/mol. The van der Waals surface area contributed by atoms with Gasteiger partial charge in [0.1, 0.15) is 0 Å². The molecule has 0 aliphatic carbocycles. The van der Waals surface area contributed by atoms with Gasteiger partial charge in [-0.1, -0.05) is 39.5 Å². The van der Waals surface area contributed by atoms with Gasteiger partial charge in [-0.15, -0.1) is 0 Å². The van der Waals surface area contributed by atoms with Crippen molar-refractivity contribution in [1.82, 2.24) is 0 Å². The Balaban J connectivity index is -0.000000125. The third-order valence-electron chi connectivity index (χ3n) is 0.854. The van der Waals surface area contributed by atoms with Gasteiger partial charge in [0.25, 0.3) is 0 Å². The molecule has 0 atom stereocenters. The van der Waals surface area contributed by atoms with Crippen molar-refractivity contribution in [1.29, 1.82) is 0 Å². The molecule has 47 valence electrons. The van der Waals surface area contributed by atoms with Crippen LogP contribution in [0.2, 0.25) is 0 Å². The zero-order chi connectivity index (χ0) is 4.83. The summed E-state index contributed by atoms with van der Waals surface area (Å²) in [5.41, 5.74) is 0. The largest absolute Gasteiger partial charge is 1.00 e. The van der Waals surface area contributed by atoms with Crippen LogP contribution >= 0.6 is 0 Å². The van der Waals surface area contributed by atoms with Crippen molar-refractivity contribution in [3.05, 3.63) is 6.92 Å². The van der Waals surface area contributed by atoms with E-state index in [-0.39, 0.29) is 36.5 Å². The summed E-state index contributed by atoms with van der Waals surface area (Å²) in [6.07, 6.45) is 5.07. The van der Waals surface area contributed by atoms with E-state index >= 15 is 0 Å². The van der Waals surface area contributed by atoms with E-state index in [0.29, 0.717) is 0 Å². The number of hydrogen-bond acceptors (Lipinski definition) is 0. The minimum Gasteiger partial charge on any atom is -1.00 e. The van der Waals surface area contributed by atoms with Gasteiger partial charge in [0.15, 0.2) is 0 Å². The molecule has 1 radical (unpaired) electrons. The summed E-state index contributed by atoms with van der Waals surface area (Å²) in [6.45, 7) is 5.93. The minimum absolute atomic E-state index is 0. The number of hydrogen-bond donors (Lipinski definition) is 0. The Morgan fingerprint density at radius 2 is 1.75 bits per heavy atom. The van der Waals surface area contributed by atoms with Gasteiger partial charge in [0.05, 0.1) is 0 Å². The fraction of sp³-hybridized carbons (Fsp3) is 0.833. The van der Waals surface area contributed by atoms with Gasteiger partial charge >= 0.3 is 0 Å². The van der Waals surface area contributed by atoms with Crippen LogP contribution in [0.15, 0.2) is 0 Å². The zero-order valence-electron chi connectivity index (χ0n) is 5.62. The van der Waals surface area contributed by atoms with E-state index in [1.165, 1.54) is 19.3 Å². The zero-order valence-corrected chi connectivity index (χ0v) is 10.2. The van der Waals surface area contributed by atoms with Gasteiger partial charge in [0, 0.05) is 19.5 Å². The van der Waals surface area contributed by atoms with Gasteiger partial charge < -0.3 is 17.0 Å². The molecule has 0 unspecified atom stereocenters. The van der Waals surface area contributed by atoms with Crippen LogP contribution in [0.5, 0.6) is 0 Å². The molecule has 0 aromatic carbocycles. The first-order chi connectivity index (χ1) is 2.91. The summed E-state index contributed by atoms with van der Waals surface area (Å²) >= 11 is 0. The molecule has 0 heterocycles. The van der Waals surface area contributed by atoms with Crippen LogP contribution in [0.1, 0.15) is 32.6 Å². The van der Waals surface area contributed by atoms with E-state index in [0.717, 1.165) is 6.42 Å². The Morgan fingerprint density at radius 3 is 1.88 bits per heavy atom. The first-order valence-corrected chi connectivity index (χ1v) is 2.71. The average molecular weight is 230 g/mol. The minimum atomic E-state index is 0. The van der Waals surface area contributed by atoms with Crippen LogP contribution in [-0.2, 0) is 19.5 Å². The molecule has 8 heavy (non-hydrogen) atoms. The molecule has 2 heteroatoms. The Labute approximate surface area is 76.0 Å². The van der Waals surface area contributed by atoms with Gasteiger partial charge in [-0.25, -0.2) is 0 Å². The maximum Gasteiger partial charge on any atom is 0 e. The topological polar surface area (TPSA) is 0 Å². The summed E-state index contributed by atoms with van der Waals surface area (Å²) < 4.78 is 0. The van der Waals surface area contributed by atoms with Crippen LogP contribution in [0.4, 0.5) is 0 Å². The molecule has 0 aromatic heterocycles. The second-order valence-corrected chi connectivity index (χ2v) is 1.56. The van der Waals surface area contributed by atoms with Crippen molar-refractivity contribution in [2.75, 3.05) is 0 Å². The van der Waals surface area contributed by atoms with E-state index in [4.69, 9.17) is 0 Å². The van der Waals surface area contributed by atoms with E-state index in [9.17, 15) is 0 Å². The first-order valence-electron chi connectivity index (χ1n) is 2.71. The first kappa shape index (κ1) is 16.0. The molecule has 0 saturated carbocycles. The Bertz CT molecular complexity index is 20.5. The third-order valence-corrected chi connectivity index (χ3v) is 0.854. The van der Waals surface area contributed by atoms with E-state index in [2.05, 4.69) is 13.8 Å². The molecule has 0 saturated heterocycles. The Morgan fingerprint density at radius 1 is 1.25 bits per heavy atom. The number of rotatable bonds is 3. The monoisotopic (exact) mass is 228 g/mol. The maximum absolute atomic E-state index is 3.72. The van der Waals surface area contributed by atoms with E-state index < -0.39 is 0 Å². The van der Waals surface area contributed by atoms with Crippen LogP contribution in [0.25, 0.3) is 0 Å². The summed E-state index contributed by atoms with van der Waals surface area (Å²) in [7, 11) is 0. The molecule has 0 amide bonds. The van der Waals surface area contributed by atoms with Gasteiger partial charge in [-0.2, -0.15) is 0 Å². The maximum atomic E-state index is 3.72. The van der Waals surface area contributed by atoms with Crippen LogP contribution in [0, 0.1) is 6.92 Å². The number of unbranched alkanes of at least 4 members (excludes halogenated alkanes) is 3. The van der Waals surface area contributed by atoms with Crippen LogP contribution in [-0.4, -0.2) is 0 Å². The van der Waals surface area contributed by atoms with Crippen molar-refractivity contribution < 1.29 is 36.5 Å². The van der Waals surface area contributed by atoms with Crippen molar-refractivity contribution in [3.8, 4) is 0 Å². The molecule has 0 spiro atoms. The summed E-state index contributed by atoms with van der Waals surface area (Å²) in [4.78, 5) is 0. The fourth-order valence-electron chi connectivity index (χ4n) is 0.427. The van der Waals surface area contributed by atoms with Crippen molar-refractivity contribution in [3.63, 3.8) is 0 Å². The predicted octanol–water partition coefficient (Wildman–Crippen LogP) is -0.598. The van der Waals surface area contributed by atoms with Crippen molar-refractivity contribution in [2.45, 2.75) is 32.6 Å². The fourth-order valence-corrected chi connectivity index (χ4v) is 0.427. The molecule has 0 aromatic rings. The summed E-state index contributed by atoms with van der Waals surface area (Å²) in [6, 6.07) is 0. The van der Waals surface area contributed by atoms with Crippen LogP contribution in [0.3, 0.4) is 0 Å². The number of halogens is 1.